The van der Waals surface area contributed by atoms with E-state index in [2.05, 4.69) is 5.32 Å². The molecular formula is C25H23F4N3O2. The van der Waals surface area contributed by atoms with Crippen LogP contribution in [0.4, 0.5) is 28.9 Å². The zero-order valence-electron chi connectivity index (χ0n) is 18.7. The number of anilines is 2. The Balaban J connectivity index is 1.61. The van der Waals surface area contributed by atoms with Crippen molar-refractivity contribution >= 4 is 17.3 Å². The van der Waals surface area contributed by atoms with Gasteiger partial charge >= 0.3 is 0 Å². The van der Waals surface area contributed by atoms with E-state index in [1.165, 1.54) is 36.9 Å². The third-order valence-electron chi connectivity index (χ3n) is 6.23. The van der Waals surface area contributed by atoms with Crippen LogP contribution in [0.3, 0.4) is 0 Å². The molecule has 0 spiro atoms. The molecular weight excluding hydrogens is 450 g/mol. The molecule has 0 unspecified atom stereocenters. The molecule has 0 atom stereocenters. The van der Waals surface area contributed by atoms with Gasteiger partial charge in [0.05, 0.1) is 16.9 Å². The Morgan fingerprint density at radius 3 is 2.24 bits per heavy atom. The van der Waals surface area contributed by atoms with Gasteiger partial charge in [-0.15, -0.1) is 0 Å². The van der Waals surface area contributed by atoms with Gasteiger partial charge in [-0.05, 0) is 43.4 Å². The number of nitrogens with one attached hydrogen (secondary N) is 1. The van der Waals surface area contributed by atoms with Crippen molar-refractivity contribution in [3.8, 4) is 0 Å². The topological polar surface area (TPSA) is 54.3 Å². The van der Waals surface area contributed by atoms with Crippen molar-refractivity contribution in [1.29, 1.82) is 0 Å². The Kier molecular flexibility index (Phi) is 6.45. The highest BCUT2D eigenvalue weighted by molar-refractivity contribution is 6.00. The minimum absolute atomic E-state index is 0.0404. The molecule has 0 bridgehead atoms. The lowest BCUT2D eigenvalue weighted by Gasteiger charge is -2.33. The monoisotopic (exact) mass is 473 g/mol. The number of hydrogen-bond donors (Lipinski definition) is 1. The number of amides is 1. The first-order valence-electron chi connectivity index (χ1n) is 10.8. The van der Waals surface area contributed by atoms with Crippen LogP contribution in [-0.4, -0.2) is 28.5 Å². The Labute approximate surface area is 193 Å². The Hall–Kier alpha value is -3.62. The van der Waals surface area contributed by atoms with Gasteiger partial charge in [0.25, 0.3) is 11.5 Å². The molecule has 0 radical (unpaired) electrons. The number of likely N-dealkylation sites (tertiary alicyclic amines) is 1. The van der Waals surface area contributed by atoms with Crippen LogP contribution < -0.4 is 10.9 Å². The number of pyridine rings is 1. The smallest absolute Gasteiger partial charge is 0.257 e. The highest BCUT2D eigenvalue weighted by Gasteiger charge is 2.28. The van der Waals surface area contributed by atoms with Crippen LogP contribution in [0.1, 0.15) is 40.2 Å². The molecule has 1 amide bonds. The van der Waals surface area contributed by atoms with Gasteiger partial charge in [0.1, 0.15) is 11.6 Å². The second-order valence-electron chi connectivity index (χ2n) is 8.45. The molecule has 0 aliphatic carbocycles. The van der Waals surface area contributed by atoms with E-state index in [9.17, 15) is 27.2 Å². The molecule has 1 N–H and O–H groups in total. The van der Waals surface area contributed by atoms with Gasteiger partial charge in [0.15, 0.2) is 11.6 Å². The zero-order chi connectivity index (χ0) is 24.6. The van der Waals surface area contributed by atoms with Crippen molar-refractivity contribution in [2.24, 2.45) is 7.05 Å². The van der Waals surface area contributed by atoms with Gasteiger partial charge < -0.3 is 14.8 Å². The molecule has 1 aliphatic rings. The first-order chi connectivity index (χ1) is 16.2. The number of nitrogens with zero attached hydrogens (tertiary/aromatic N) is 2. The van der Waals surface area contributed by atoms with E-state index in [0.717, 1.165) is 5.56 Å². The minimum atomic E-state index is -1.34. The van der Waals surface area contributed by atoms with E-state index < -0.39 is 23.0 Å². The van der Waals surface area contributed by atoms with Crippen LogP contribution in [0.5, 0.6) is 0 Å². The number of hydrogen-bond acceptors (Lipinski definition) is 3. The molecule has 1 aromatic heterocycles. The number of piperidine rings is 1. The molecule has 2 heterocycles. The van der Waals surface area contributed by atoms with Crippen molar-refractivity contribution in [3.63, 3.8) is 0 Å². The molecule has 5 nitrogen and oxygen atoms in total. The van der Waals surface area contributed by atoms with E-state index in [1.807, 2.05) is 0 Å². The van der Waals surface area contributed by atoms with Crippen molar-refractivity contribution in [3.05, 3.63) is 92.9 Å². The van der Waals surface area contributed by atoms with Crippen LogP contribution >= 0.6 is 0 Å². The Bertz CT molecular complexity index is 1300. The minimum Gasteiger partial charge on any atom is -0.352 e. The third-order valence-corrected chi connectivity index (χ3v) is 6.23. The van der Waals surface area contributed by atoms with Crippen LogP contribution in [0.2, 0.25) is 0 Å². The lowest BCUT2D eigenvalue weighted by Crippen LogP contribution is -2.39. The van der Waals surface area contributed by atoms with Gasteiger partial charge in [0, 0.05) is 44.0 Å². The van der Waals surface area contributed by atoms with Gasteiger partial charge in [0.2, 0.25) is 0 Å². The second kappa shape index (κ2) is 9.32. The largest absolute Gasteiger partial charge is 0.352 e. The van der Waals surface area contributed by atoms with Crippen molar-refractivity contribution in [2.75, 3.05) is 18.4 Å². The van der Waals surface area contributed by atoms with Gasteiger partial charge in [-0.3, -0.25) is 9.59 Å². The lowest BCUT2D eigenvalue weighted by molar-refractivity contribution is 0.0713. The number of carbonyl (C=O) groups is 1. The molecule has 1 aliphatic heterocycles. The average molecular weight is 473 g/mol. The fraction of sp³-hybridized carbons (Fsp3) is 0.280. The SMILES string of the molecule is Cc1c(Nc2cc(F)c(F)cc2F)c(C(=O)N2CCC(c3ccc(F)cc3)CC2)cn(C)c1=O. The van der Waals surface area contributed by atoms with Crippen LogP contribution in [0.25, 0.3) is 0 Å². The molecule has 9 heteroatoms. The molecule has 0 saturated carbocycles. The van der Waals surface area contributed by atoms with E-state index >= 15 is 0 Å². The van der Waals surface area contributed by atoms with E-state index in [1.54, 1.807) is 17.0 Å². The Morgan fingerprint density at radius 2 is 1.59 bits per heavy atom. The van der Waals surface area contributed by atoms with Crippen molar-refractivity contribution in [1.82, 2.24) is 9.47 Å². The number of benzene rings is 2. The maximum absolute atomic E-state index is 14.3. The number of carbonyl (C=O) groups excluding carboxylic acids is 1. The standard InChI is InChI=1S/C25H23F4N3O2/c1-14-23(30-22-12-20(28)19(27)11-21(22)29)18(13-31(2)24(14)33)25(34)32-9-7-16(8-10-32)15-3-5-17(26)6-4-15/h3-6,11-13,16,30H,7-10H2,1-2H3. The zero-order valence-corrected chi connectivity index (χ0v) is 18.7. The summed E-state index contributed by atoms with van der Waals surface area (Å²) in [6, 6.07) is 7.35. The quantitative estimate of drug-likeness (QED) is 0.428. The van der Waals surface area contributed by atoms with E-state index in [0.29, 0.717) is 38.1 Å². The number of aromatic nitrogens is 1. The first kappa shape index (κ1) is 23.5. The number of rotatable bonds is 4. The number of halogens is 4. The summed E-state index contributed by atoms with van der Waals surface area (Å²) in [7, 11) is 1.49. The van der Waals surface area contributed by atoms with Gasteiger partial charge in [-0.25, -0.2) is 17.6 Å². The van der Waals surface area contributed by atoms with Crippen molar-refractivity contribution in [2.45, 2.75) is 25.7 Å². The predicted octanol–water partition coefficient (Wildman–Crippen LogP) is 5.01. The molecule has 34 heavy (non-hydrogen) atoms. The van der Waals surface area contributed by atoms with Gasteiger partial charge in [-0.2, -0.15) is 0 Å². The van der Waals surface area contributed by atoms with E-state index in [-0.39, 0.29) is 40.1 Å². The number of aryl methyl sites for hydroxylation is 1. The van der Waals surface area contributed by atoms with Crippen molar-refractivity contribution < 1.29 is 22.4 Å². The highest BCUT2D eigenvalue weighted by Crippen LogP contribution is 2.31. The summed E-state index contributed by atoms with van der Waals surface area (Å²) in [6.45, 7) is 2.34. The molecule has 178 valence electrons. The summed E-state index contributed by atoms with van der Waals surface area (Å²) in [4.78, 5) is 27.5. The van der Waals surface area contributed by atoms with Crippen LogP contribution in [0, 0.1) is 30.2 Å². The Morgan fingerprint density at radius 1 is 0.971 bits per heavy atom. The highest BCUT2D eigenvalue weighted by atomic mass is 19.2. The molecule has 2 aromatic carbocycles. The molecule has 3 aromatic rings. The van der Waals surface area contributed by atoms with Crippen LogP contribution in [-0.2, 0) is 7.05 Å². The summed E-state index contributed by atoms with van der Waals surface area (Å²) < 4.78 is 55.8. The van der Waals surface area contributed by atoms with Crippen LogP contribution in [0.15, 0.2) is 47.4 Å². The van der Waals surface area contributed by atoms with Gasteiger partial charge in [-0.1, -0.05) is 12.1 Å². The summed E-state index contributed by atoms with van der Waals surface area (Å²) in [6.07, 6.45) is 2.69. The van der Waals surface area contributed by atoms with E-state index in [4.69, 9.17) is 0 Å². The molecule has 4 rings (SSSR count). The predicted molar refractivity (Wildman–Crippen MR) is 120 cm³/mol. The summed E-state index contributed by atoms with van der Waals surface area (Å²) in [5.41, 5.74) is 0.486. The first-order valence-corrected chi connectivity index (χ1v) is 10.8. The fourth-order valence-electron chi connectivity index (χ4n) is 4.29. The lowest BCUT2D eigenvalue weighted by atomic mass is 9.89. The third kappa shape index (κ3) is 4.55. The molecule has 1 fully saturated rings. The summed E-state index contributed by atoms with van der Waals surface area (Å²) in [5.74, 6) is -4.16. The fourth-order valence-corrected chi connectivity index (χ4v) is 4.29. The summed E-state index contributed by atoms with van der Waals surface area (Å²) in [5, 5.41) is 2.63. The maximum atomic E-state index is 14.3. The summed E-state index contributed by atoms with van der Waals surface area (Å²) >= 11 is 0. The maximum Gasteiger partial charge on any atom is 0.257 e. The molecule has 1 saturated heterocycles. The normalized spacial score (nSPS) is 14.4. The second-order valence-corrected chi connectivity index (χ2v) is 8.45. The average Bonchev–Trinajstić information content (AvgIpc) is 2.82.